The van der Waals surface area contributed by atoms with Crippen LogP contribution in [0.5, 0.6) is 0 Å². The highest BCUT2D eigenvalue weighted by molar-refractivity contribution is 5.76. The smallest absolute Gasteiger partial charge is 0.315 e. The van der Waals surface area contributed by atoms with Crippen LogP contribution in [0.15, 0.2) is 24.3 Å². The van der Waals surface area contributed by atoms with E-state index in [4.69, 9.17) is 5.73 Å². The molecular weight excluding hydrogens is 226 g/mol. The van der Waals surface area contributed by atoms with Gasteiger partial charge in [0, 0.05) is 11.2 Å². The van der Waals surface area contributed by atoms with E-state index in [1.165, 1.54) is 0 Å². The van der Waals surface area contributed by atoms with Crippen LogP contribution in [0.1, 0.15) is 39.2 Å². The minimum Gasteiger partial charge on any atom is -0.399 e. The second-order valence-corrected chi connectivity index (χ2v) is 6.03. The average Bonchev–Trinajstić information content (AvgIpc) is 2.96. The van der Waals surface area contributed by atoms with Crippen molar-refractivity contribution in [2.75, 3.05) is 5.73 Å². The zero-order chi connectivity index (χ0) is 13.4. The molecule has 0 spiro atoms. The lowest BCUT2D eigenvalue weighted by Crippen LogP contribution is -2.49. The largest absolute Gasteiger partial charge is 0.399 e. The summed E-state index contributed by atoms with van der Waals surface area (Å²) in [6.07, 6.45) is 1.96. The summed E-state index contributed by atoms with van der Waals surface area (Å²) in [7, 11) is 0. The van der Waals surface area contributed by atoms with Gasteiger partial charge in [-0.25, -0.2) is 4.79 Å². The monoisotopic (exact) mass is 247 g/mol. The Balaban J connectivity index is 2.04. The lowest BCUT2D eigenvalue weighted by molar-refractivity contribution is 0.227. The van der Waals surface area contributed by atoms with Crippen LogP contribution < -0.4 is 16.4 Å². The molecule has 1 aromatic carbocycles. The van der Waals surface area contributed by atoms with Crippen molar-refractivity contribution in [3.05, 3.63) is 29.8 Å². The number of carbonyl (C=O) groups is 1. The molecule has 0 heterocycles. The number of urea groups is 1. The number of hydrogen-bond donors (Lipinski definition) is 3. The highest BCUT2D eigenvalue weighted by Gasteiger charge is 2.45. The molecule has 1 aliphatic rings. The topological polar surface area (TPSA) is 67.2 Å². The van der Waals surface area contributed by atoms with Gasteiger partial charge in [-0.3, -0.25) is 0 Å². The Labute approximate surface area is 108 Å². The van der Waals surface area contributed by atoms with Gasteiger partial charge in [-0.1, -0.05) is 12.1 Å². The molecule has 18 heavy (non-hydrogen) atoms. The van der Waals surface area contributed by atoms with Crippen molar-refractivity contribution in [3.8, 4) is 0 Å². The number of hydrogen-bond acceptors (Lipinski definition) is 2. The molecule has 0 unspecified atom stereocenters. The summed E-state index contributed by atoms with van der Waals surface area (Å²) in [6, 6.07) is 7.61. The van der Waals surface area contributed by atoms with Crippen molar-refractivity contribution in [1.82, 2.24) is 10.6 Å². The van der Waals surface area contributed by atoms with Crippen LogP contribution in [0.3, 0.4) is 0 Å². The molecule has 0 atom stereocenters. The molecule has 4 N–H and O–H groups in total. The predicted molar refractivity (Wildman–Crippen MR) is 73.2 cm³/mol. The van der Waals surface area contributed by atoms with E-state index in [9.17, 15) is 4.79 Å². The zero-order valence-electron chi connectivity index (χ0n) is 11.2. The molecule has 1 aromatic rings. The molecule has 1 aliphatic carbocycles. The number of benzene rings is 1. The molecule has 2 amide bonds. The average molecular weight is 247 g/mol. The highest BCUT2D eigenvalue weighted by Crippen LogP contribution is 2.45. The van der Waals surface area contributed by atoms with Gasteiger partial charge in [0.1, 0.15) is 0 Å². The van der Waals surface area contributed by atoms with E-state index in [0.717, 1.165) is 24.1 Å². The van der Waals surface area contributed by atoms with E-state index in [1.54, 1.807) is 0 Å². The van der Waals surface area contributed by atoms with Gasteiger partial charge in [-0.05, 0) is 51.3 Å². The highest BCUT2D eigenvalue weighted by atomic mass is 16.2. The Morgan fingerprint density at radius 3 is 2.22 bits per heavy atom. The second kappa shape index (κ2) is 4.19. The molecule has 0 radical (unpaired) electrons. The zero-order valence-corrected chi connectivity index (χ0v) is 11.2. The van der Waals surface area contributed by atoms with Gasteiger partial charge in [-0.15, -0.1) is 0 Å². The van der Waals surface area contributed by atoms with Gasteiger partial charge >= 0.3 is 6.03 Å². The van der Waals surface area contributed by atoms with Crippen LogP contribution in [0.2, 0.25) is 0 Å². The number of nitrogens with one attached hydrogen (secondary N) is 2. The molecule has 0 aliphatic heterocycles. The summed E-state index contributed by atoms with van der Waals surface area (Å²) in [5.74, 6) is 0. The Bertz CT molecular complexity index is 441. The number of amides is 2. The minimum absolute atomic E-state index is 0.114. The van der Waals surface area contributed by atoms with Gasteiger partial charge < -0.3 is 16.4 Å². The van der Waals surface area contributed by atoms with Crippen LogP contribution in [-0.4, -0.2) is 11.6 Å². The summed E-state index contributed by atoms with van der Waals surface area (Å²) in [5.41, 5.74) is 7.13. The van der Waals surface area contributed by atoms with E-state index in [-0.39, 0.29) is 17.1 Å². The lowest BCUT2D eigenvalue weighted by Gasteiger charge is -2.24. The third-order valence-corrected chi connectivity index (χ3v) is 3.05. The van der Waals surface area contributed by atoms with Gasteiger partial charge in [0.15, 0.2) is 0 Å². The third-order valence-electron chi connectivity index (χ3n) is 3.05. The maximum atomic E-state index is 11.9. The summed E-state index contributed by atoms with van der Waals surface area (Å²) in [4.78, 5) is 11.9. The quantitative estimate of drug-likeness (QED) is 0.702. The molecular formula is C14H21N3O. The predicted octanol–water partition coefficient (Wildman–Crippen LogP) is 2.36. The van der Waals surface area contributed by atoms with Gasteiger partial charge in [0.25, 0.3) is 0 Å². The molecule has 0 aromatic heterocycles. The molecule has 0 saturated heterocycles. The molecule has 1 fully saturated rings. The van der Waals surface area contributed by atoms with Crippen molar-refractivity contribution in [3.63, 3.8) is 0 Å². The van der Waals surface area contributed by atoms with Crippen LogP contribution in [-0.2, 0) is 5.54 Å². The number of nitrogen functional groups attached to an aromatic ring is 1. The summed E-state index contributed by atoms with van der Waals surface area (Å²) in [6.45, 7) is 5.90. The minimum atomic E-state index is -0.221. The van der Waals surface area contributed by atoms with Gasteiger partial charge in [0.2, 0.25) is 0 Å². The SMILES string of the molecule is CC(C)(C)NC(=O)NC1(c2ccc(N)cc2)CC1. The molecule has 0 bridgehead atoms. The third kappa shape index (κ3) is 2.94. The standard InChI is InChI=1S/C14H21N3O/c1-13(2,3)16-12(18)17-14(8-9-14)10-4-6-11(15)7-5-10/h4-7H,8-9,15H2,1-3H3,(H2,16,17,18). The van der Waals surface area contributed by atoms with Crippen molar-refractivity contribution in [1.29, 1.82) is 0 Å². The van der Waals surface area contributed by atoms with Gasteiger partial charge in [-0.2, -0.15) is 0 Å². The van der Waals surface area contributed by atoms with Crippen molar-refractivity contribution in [2.24, 2.45) is 0 Å². The van der Waals surface area contributed by atoms with E-state index < -0.39 is 0 Å². The summed E-state index contributed by atoms with van der Waals surface area (Å²) >= 11 is 0. The van der Waals surface area contributed by atoms with Crippen LogP contribution >= 0.6 is 0 Å². The fourth-order valence-corrected chi connectivity index (χ4v) is 2.00. The maximum Gasteiger partial charge on any atom is 0.315 e. The Morgan fingerprint density at radius 1 is 1.22 bits per heavy atom. The number of anilines is 1. The van der Waals surface area contributed by atoms with Crippen molar-refractivity contribution in [2.45, 2.75) is 44.7 Å². The molecule has 4 heteroatoms. The van der Waals surface area contributed by atoms with Crippen molar-refractivity contribution >= 4 is 11.7 Å². The molecule has 98 valence electrons. The fraction of sp³-hybridized carbons (Fsp3) is 0.500. The first-order chi connectivity index (χ1) is 8.31. The Hall–Kier alpha value is -1.71. The van der Waals surface area contributed by atoms with E-state index in [1.807, 2.05) is 45.0 Å². The van der Waals surface area contributed by atoms with Crippen molar-refractivity contribution < 1.29 is 4.79 Å². The first-order valence-electron chi connectivity index (χ1n) is 6.27. The van der Waals surface area contributed by atoms with E-state index in [0.29, 0.717) is 0 Å². The molecule has 1 saturated carbocycles. The van der Waals surface area contributed by atoms with Crippen LogP contribution in [0.25, 0.3) is 0 Å². The first-order valence-corrected chi connectivity index (χ1v) is 6.27. The van der Waals surface area contributed by atoms with Crippen LogP contribution in [0, 0.1) is 0 Å². The number of nitrogens with two attached hydrogens (primary N) is 1. The summed E-state index contributed by atoms with van der Waals surface area (Å²) < 4.78 is 0. The first kappa shape index (κ1) is 12.7. The lowest BCUT2D eigenvalue weighted by atomic mass is 10.0. The number of rotatable bonds is 2. The van der Waals surface area contributed by atoms with Gasteiger partial charge in [0.05, 0.1) is 5.54 Å². The Kier molecular flexibility index (Phi) is 2.97. The number of carbonyl (C=O) groups excluding carboxylic acids is 1. The molecule has 2 rings (SSSR count). The molecule has 4 nitrogen and oxygen atoms in total. The van der Waals surface area contributed by atoms with E-state index in [2.05, 4.69) is 10.6 Å². The fourth-order valence-electron chi connectivity index (χ4n) is 2.00. The van der Waals surface area contributed by atoms with Crippen LogP contribution in [0.4, 0.5) is 10.5 Å². The summed E-state index contributed by atoms with van der Waals surface area (Å²) in [5, 5.41) is 5.99. The maximum absolute atomic E-state index is 11.9. The Morgan fingerprint density at radius 2 is 1.78 bits per heavy atom. The normalized spacial score (nSPS) is 17.1. The second-order valence-electron chi connectivity index (χ2n) is 6.03. The van der Waals surface area contributed by atoms with E-state index >= 15 is 0 Å².